The molecule has 0 saturated heterocycles. The molecule has 1 aromatic heterocycles. The van der Waals surface area contributed by atoms with Crippen molar-refractivity contribution in [1.29, 1.82) is 0 Å². The minimum atomic E-state index is -0.412. The van der Waals surface area contributed by atoms with E-state index in [1.807, 2.05) is 0 Å². The van der Waals surface area contributed by atoms with Gasteiger partial charge in [0.05, 0.1) is 0 Å². The molecule has 0 aliphatic carbocycles. The summed E-state index contributed by atoms with van der Waals surface area (Å²) >= 11 is 0. The highest BCUT2D eigenvalue weighted by Crippen LogP contribution is 1.82. The number of aromatic amines is 1. The van der Waals surface area contributed by atoms with E-state index in [1.54, 1.807) is 0 Å². The summed E-state index contributed by atoms with van der Waals surface area (Å²) in [5.74, 6) is 0.338. The summed E-state index contributed by atoms with van der Waals surface area (Å²) in [4.78, 5) is 15.9. The maximum Gasteiger partial charge on any atom is 0.346 e. The van der Waals surface area contributed by atoms with Crippen LogP contribution in [0.2, 0.25) is 0 Å². The Labute approximate surface area is 57.6 Å². The highest BCUT2D eigenvalue weighted by molar-refractivity contribution is 5.22. The first kappa shape index (κ1) is 11.4. The summed E-state index contributed by atoms with van der Waals surface area (Å²) in [7, 11) is 0. The summed E-state index contributed by atoms with van der Waals surface area (Å²) in [6.45, 7) is 0. The minimum absolute atomic E-state index is 0. The molecule has 1 rings (SSSR count). The van der Waals surface area contributed by atoms with Crippen molar-refractivity contribution in [1.82, 2.24) is 22.3 Å². The third-order valence-corrected chi connectivity index (χ3v) is 0.697. The van der Waals surface area contributed by atoms with E-state index >= 15 is 0 Å². The second-order valence-electron chi connectivity index (χ2n) is 1.33. The van der Waals surface area contributed by atoms with Crippen molar-refractivity contribution < 1.29 is 0 Å². The minimum Gasteiger partial charge on any atom is -0.385 e. The van der Waals surface area contributed by atoms with E-state index in [2.05, 4.69) is 9.97 Å². The van der Waals surface area contributed by atoms with Crippen molar-refractivity contribution in [2.75, 3.05) is 5.73 Å². The zero-order valence-corrected chi connectivity index (χ0v) is 5.50. The normalized spacial score (nSPS) is 7.20. The van der Waals surface area contributed by atoms with E-state index in [4.69, 9.17) is 5.73 Å². The van der Waals surface area contributed by atoms with Gasteiger partial charge in [-0.25, -0.2) is 9.78 Å². The molecule has 0 atom stereocenters. The molecular weight excluding hydrogens is 134 g/mol. The van der Waals surface area contributed by atoms with Gasteiger partial charge in [-0.2, -0.15) is 0 Å². The first-order valence-corrected chi connectivity index (χ1v) is 2.10. The molecule has 1 aromatic rings. The lowest BCUT2D eigenvalue weighted by Gasteiger charge is -1.84. The van der Waals surface area contributed by atoms with Gasteiger partial charge in [0, 0.05) is 6.20 Å². The van der Waals surface area contributed by atoms with Crippen molar-refractivity contribution in [3.63, 3.8) is 0 Å². The fourth-order valence-corrected chi connectivity index (χ4v) is 0.383. The second kappa shape index (κ2) is 4.48. The quantitative estimate of drug-likeness (QED) is 0.395. The van der Waals surface area contributed by atoms with Gasteiger partial charge in [-0.15, -0.1) is 0 Å². The van der Waals surface area contributed by atoms with E-state index < -0.39 is 5.69 Å². The summed E-state index contributed by atoms with van der Waals surface area (Å²) < 4.78 is 0. The van der Waals surface area contributed by atoms with Crippen LogP contribution in [0.3, 0.4) is 0 Å². The van der Waals surface area contributed by atoms with Crippen LogP contribution in [-0.2, 0) is 0 Å². The van der Waals surface area contributed by atoms with Gasteiger partial charge < -0.3 is 18.0 Å². The molecule has 0 fully saturated rings. The number of hydrogen-bond acceptors (Lipinski definition) is 5. The van der Waals surface area contributed by atoms with Crippen LogP contribution >= 0.6 is 0 Å². The van der Waals surface area contributed by atoms with Gasteiger partial charge in [0.1, 0.15) is 5.82 Å². The smallest absolute Gasteiger partial charge is 0.346 e. The number of H-pyrrole nitrogens is 1. The van der Waals surface area contributed by atoms with Gasteiger partial charge in [0.2, 0.25) is 0 Å². The highest BCUT2D eigenvalue weighted by atomic mass is 16.1. The van der Waals surface area contributed by atoms with Crippen LogP contribution in [-0.4, -0.2) is 9.97 Å². The molecule has 0 aliphatic heterocycles. The predicted molar refractivity (Wildman–Crippen MR) is 39.3 cm³/mol. The van der Waals surface area contributed by atoms with E-state index in [1.165, 1.54) is 12.3 Å². The summed E-state index contributed by atoms with van der Waals surface area (Å²) in [6, 6.07) is 1.52. The molecule has 1 heterocycles. The van der Waals surface area contributed by atoms with E-state index in [0.29, 0.717) is 5.82 Å². The van der Waals surface area contributed by atoms with Gasteiger partial charge in [-0.3, -0.25) is 4.98 Å². The molecule has 6 nitrogen and oxygen atoms in total. The molecular formula is C4H11N5O. The molecule has 0 aliphatic rings. The highest BCUT2D eigenvalue weighted by Gasteiger charge is 1.80. The average Bonchev–Trinajstić information content (AvgIpc) is 1.64. The maximum atomic E-state index is 10.2. The Balaban J connectivity index is 0. The van der Waals surface area contributed by atoms with Gasteiger partial charge in [0.15, 0.2) is 0 Å². The molecule has 0 aromatic carbocycles. The fraction of sp³-hybridized carbons (Fsp3) is 0. The van der Waals surface area contributed by atoms with Crippen molar-refractivity contribution >= 4 is 5.82 Å². The summed E-state index contributed by atoms with van der Waals surface area (Å²) in [5.41, 5.74) is 4.75. The number of nitrogens with zero attached hydrogens (tertiary/aromatic N) is 1. The maximum absolute atomic E-state index is 10.2. The van der Waals surface area contributed by atoms with Crippen LogP contribution in [0.4, 0.5) is 5.82 Å². The molecule has 0 spiro atoms. The van der Waals surface area contributed by atoms with Crippen molar-refractivity contribution in [2.24, 2.45) is 0 Å². The molecule has 6 heteroatoms. The first-order chi connectivity index (χ1) is 3.79. The Bertz CT molecular complexity index is 231. The number of hydrogen-bond donors (Lipinski definition) is 4. The second-order valence-corrected chi connectivity index (χ2v) is 1.33. The van der Waals surface area contributed by atoms with Crippen molar-refractivity contribution in [3.05, 3.63) is 22.7 Å². The number of anilines is 1. The molecule has 0 saturated carbocycles. The van der Waals surface area contributed by atoms with Crippen LogP contribution < -0.4 is 23.7 Å². The summed E-state index contributed by atoms with van der Waals surface area (Å²) in [5, 5.41) is 0. The zero-order valence-electron chi connectivity index (χ0n) is 5.50. The molecule has 9 N–H and O–H groups in total. The number of nitrogen functional groups attached to an aromatic ring is 1. The SMILES string of the molecule is N.N.Nc1ccnc(=O)[nH]1. The predicted octanol–water partition coefficient (Wildman–Crippen LogP) is -0.324. The lowest BCUT2D eigenvalue weighted by Crippen LogP contribution is -2.10. The van der Waals surface area contributed by atoms with Gasteiger partial charge >= 0.3 is 5.69 Å². The Morgan fingerprint density at radius 2 is 2.10 bits per heavy atom. The molecule has 0 bridgehead atoms. The van der Waals surface area contributed by atoms with Gasteiger partial charge in [0.25, 0.3) is 0 Å². The standard InChI is InChI=1S/C4H5N3O.2H3N/c5-3-1-2-6-4(8)7-3;;/h1-2H,(H3,5,6,7,8);2*1H3. The van der Waals surface area contributed by atoms with Crippen LogP contribution in [0, 0.1) is 0 Å². The number of nitrogens with two attached hydrogens (primary N) is 1. The van der Waals surface area contributed by atoms with Crippen molar-refractivity contribution in [2.45, 2.75) is 0 Å². The molecule has 58 valence electrons. The largest absolute Gasteiger partial charge is 0.385 e. The lowest BCUT2D eigenvalue weighted by atomic mass is 10.6. The number of nitrogens with one attached hydrogen (secondary N) is 1. The van der Waals surface area contributed by atoms with Gasteiger partial charge in [-0.1, -0.05) is 0 Å². The Hall–Kier alpha value is -1.40. The average molecular weight is 145 g/mol. The monoisotopic (exact) mass is 145 g/mol. The third-order valence-electron chi connectivity index (χ3n) is 0.697. The van der Waals surface area contributed by atoms with Crippen LogP contribution in [0.15, 0.2) is 17.1 Å². The zero-order chi connectivity index (χ0) is 5.98. The van der Waals surface area contributed by atoms with E-state index in [9.17, 15) is 4.79 Å². The van der Waals surface area contributed by atoms with E-state index in [-0.39, 0.29) is 12.3 Å². The Morgan fingerprint density at radius 1 is 1.50 bits per heavy atom. The molecule has 0 unspecified atom stereocenters. The van der Waals surface area contributed by atoms with Crippen LogP contribution in [0.5, 0.6) is 0 Å². The Morgan fingerprint density at radius 3 is 2.40 bits per heavy atom. The van der Waals surface area contributed by atoms with Gasteiger partial charge in [-0.05, 0) is 6.07 Å². The molecule has 10 heavy (non-hydrogen) atoms. The molecule has 0 radical (unpaired) electrons. The van der Waals surface area contributed by atoms with Crippen LogP contribution in [0.25, 0.3) is 0 Å². The topological polar surface area (TPSA) is 142 Å². The lowest BCUT2D eigenvalue weighted by molar-refractivity contribution is 1.08. The third kappa shape index (κ3) is 2.80. The van der Waals surface area contributed by atoms with Crippen LogP contribution in [0.1, 0.15) is 0 Å². The van der Waals surface area contributed by atoms with E-state index in [0.717, 1.165) is 0 Å². The Kier molecular flexibility index (Phi) is 5.10. The van der Waals surface area contributed by atoms with Crippen molar-refractivity contribution in [3.8, 4) is 0 Å². The first-order valence-electron chi connectivity index (χ1n) is 2.10. The number of aromatic nitrogens is 2. The molecule has 0 amide bonds. The summed E-state index contributed by atoms with van der Waals surface area (Å²) in [6.07, 6.45) is 1.36. The fourth-order valence-electron chi connectivity index (χ4n) is 0.383. The number of rotatable bonds is 0.